The molecular formula is C26H30N2O6. The lowest BCUT2D eigenvalue weighted by Gasteiger charge is -2.37. The molecule has 0 bridgehead atoms. The van der Waals surface area contributed by atoms with E-state index >= 15 is 0 Å². The molecule has 0 spiro atoms. The van der Waals surface area contributed by atoms with E-state index in [0.717, 1.165) is 22.3 Å². The van der Waals surface area contributed by atoms with Gasteiger partial charge in [-0.2, -0.15) is 0 Å². The SMILES string of the molecule is CC(C)(C)OC(=O)N[C@@H]1CCN(C(=O)OCC2c3ccccc3-c3ccccc32)[C@H](C(=O)O)C1. The second-order valence-corrected chi connectivity index (χ2v) is 9.72. The Labute approximate surface area is 198 Å². The molecule has 2 aromatic carbocycles. The van der Waals surface area contributed by atoms with Gasteiger partial charge in [-0.05, 0) is 55.9 Å². The number of hydrogen-bond acceptors (Lipinski definition) is 5. The zero-order chi connectivity index (χ0) is 24.5. The minimum Gasteiger partial charge on any atom is -0.480 e. The molecule has 180 valence electrons. The van der Waals surface area contributed by atoms with E-state index in [4.69, 9.17) is 9.47 Å². The maximum Gasteiger partial charge on any atom is 0.410 e. The number of fused-ring (bicyclic) bond motifs is 3. The minimum atomic E-state index is -1.14. The van der Waals surface area contributed by atoms with E-state index in [1.807, 2.05) is 36.4 Å². The van der Waals surface area contributed by atoms with Gasteiger partial charge in [0.15, 0.2) is 0 Å². The van der Waals surface area contributed by atoms with Crippen LogP contribution in [-0.4, -0.2) is 59.0 Å². The zero-order valence-corrected chi connectivity index (χ0v) is 19.6. The van der Waals surface area contributed by atoms with Crippen molar-refractivity contribution in [3.05, 3.63) is 59.7 Å². The van der Waals surface area contributed by atoms with Crippen LogP contribution in [0, 0.1) is 0 Å². The number of alkyl carbamates (subject to hydrolysis) is 1. The number of aliphatic carboxylic acids is 1. The van der Waals surface area contributed by atoms with Crippen LogP contribution in [0.5, 0.6) is 0 Å². The van der Waals surface area contributed by atoms with E-state index in [1.165, 1.54) is 4.90 Å². The number of benzene rings is 2. The molecule has 2 atom stereocenters. The molecule has 8 nitrogen and oxygen atoms in total. The van der Waals surface area contributed by atoms with Gasteiger partial charge in [0.25, 0.3) is 0 Å². The summed E-state index contributed by atoms with van der Waals surface area (Å²) >= 11 is 0. The molecule has 0 aromatic heterocycles. The molecule has 1 saturated heterocycles. The van der Waals surface area contributed by atoms with Crippen LogP contribution in [0.1, 0.15) is 50.7 Å². The van der Waals surface area contributed by atoms with E-state index in [-0.39, 0.29) is 25.5 Å². The molecule has 2 amide bonds. The van der Waals surface area contributed by atoms with Gasteiger partial charge in [0.1, 0.15) is 18.2 Å². The molecule has 2 N–H and O–H groups in total. The first-order valence-electron chi connectivity index (χ1n) is 11.5. The second kappa shape index (κ2) is 9.37. The number of nitrogens with one attached hydrogen (secondary N) is 1. The topological polar surface area (TPSA) is 105 Å². The lowest BCUT2D eigenvalue weighted by molar-refractivity contribution is -0.144. The summed E-state index contributed by atoms with van der Waals surface area (Å²) in [6, 6.07) is 14.6. The Kier molecular flexibility index (Phi) is 6.50. The number of hydrogen-bond donors (Lipinski definition) is 2. The number of amides is 2. The third kappa shape index (κ3) is 5.00. The van der Waals surface area contributed by atoms with Crippen LogP contribution in [0.4, 0.5) is 9.59 Å². The summed E-state index contributed by atoms with van der Waals surface area (Å²) in [6.07, 6.45) is -0.771. The fraction of sp³-hybridized carbons (Fsp3) is 0.423. The summed E-state index contributed by atoms with van der Waals surface area (Å²) in [5.41, 5.74) is 3.77. The summed E-state index contributed by atoms with van der Waals surface area (Å²) < 4.78 is 10.9. The maximum atomic E-state index is 12.9. The van der Waals surface area contributed by atoms with E-state index < -0.39 is 35.8 Å². The third-order valence-corrected chi connectivity index (χ3v) is 6.18. The molecule has 1 heterocycles. The zero-order valence-electron chi connectivity index (χ0n) is 19.6. The molecule has 4 rings (SSSR count). The average molecular weight is 467 g/mol. The molecule has 1 aliphatic carbocycles. The van der Waals surface area contributed by atoms with Gasteiger partial charge in [-0.25, -0.2) is 14.4 Å². The Bertz CT molecular complexity index is 1050. The fourth-order valence-electron chi connectivity index (χ4n) is 4.70. The molecule has 0 radical (unpaired) electrons. The van der Waals surface area contributed by atoms with Gasteiger partial charge in [-0.1, -0.05) is 48.5 Å². The number of piperidine rings is 1. The minimum absolute atomic E-state index is 0.0821. The number of likely N-dealkylation sites (tertiary alicyclic amines) is 1. The largest absolute Gasteiger partial charge is 0.480 e. The standard InChI is InChI=1S/C26H30N2O6/c1-26(2,3)34-24(31)27-16-12-13-28(22(14-16)23(29)30)25(32)33-15-21-19-10-6-4-8-17(19)18-9-5-7-11-20(18)21/h4-11,16,21-22H,12-15H2,1-3H3,(H,27,31)(H,29,30)/t16-,22+/m1/s1. The van der Waals surface area contributed by atoms with E-state index in [9.17, 15) is 19.5 Å². The van der Waals surface area contributed by atoms with Crippen molar-refractivity contribution in [1.29, 1.82) is 0 Å². The summed E-state index contributed by atoms with van der Waals surface area (Å²) in [4.78, 5) is 38.2. The smallest absolute Gasteiger partial charge is 0.410 e. The summed E-state index contributed by atoms with van der Waals surface area (Å²) in [5.74, 6) is -1.24. The number of nitrogens with zero attached hydrogens (tertiary/aromatic N) is 1. The highest BCUT2D eigenvalue weighted by Gasteiger charge is 2.39. The number of carbonyl (C=O) groups is 3. The molecule has 1 fully saturated rings. The summed E-state index contributed by atoms with van der Waals surface area (Å²) in [6.45, 7) is 5.55. The van der Waals surface area contributed by atoms with Crippen molar-refractivity contribution >= 4 is 18.2 Å². The maximum absolute atomic E-state index is 12.9. The summed E-state index contributed by atoms with van der Waals surface area (Å²) in [7, 11) is 0. The van der Waals surface area contributed by atoms with Crippen LogP contribution in [0.15, 0.2) is 48.5 Å². The van der Waals surface area contributed by atoms with Crippen molar-refractivity contribution < 1.29 is 29.0 Å². The van der Waals surface area contributed by atoms with Crippen molar-refractivity contribution in [3.8, 4) is 11.1 Å². The van der Waals surface area contributed by atoms with E-state index in [0.29, 0.717) is 6.42 Å². The van der Waals surface area contributed by atoms with Crippen LogP contribution in [0.25, 0.3) is 11.1 Å². The summed E-state index contributed by atoms with van der Waals surface area (Å²) in [5, 5.41) is 12.5. The van der Waals surface area contributed by atoms with Gasteiger partial charge in [0.05, 0.1) is 0 Å². The van der Waals surface area contributed by atoms with Gasteiger partial charge in [-0.3, -0.25) is 4.90 Å². The van der Waals surface area contributed by atoms with Crippen LogP contribution in [0.3, 0.4) is 0 Å². The number of carboxylic acids is 1. The molecule has 0 unspecified atom stereocenters. The Morgan fingerprint density at radius 3 is 2.18 bits per heavy atom. The first-order valence-corrected chi connectivity index (χ1v) is 11.5. The lowest BCUT2D eigenvalue weighted by atomic mass is 9.97. The van der Waals surface area contributed by atoms with Crippen molar-refractivity contribution in [1.82, 2.24) is 10.2 Å². The van der Waals surface area contributed by atoms with Crippen LogP contribution in [0.2, 0.25) is 0 Å². The Balaban J connectivity index is 1.41. The molecular weight excluding hydrogens is 436 g/mol. The number of rotatable bonds is 4. The molecule has 2 aromatic rings. The first kappa shape index (κ1) is 23.6. The van der Waals surface area contributed by atoms with Crippen molar-refractivity contribution in [2.24, 2.45) is 0 Å². The Hall–Kier alpha value is -3.55. The second-order valence-electron chi connectivity index (χ2n) is 9.72. The highest BCUT2D eigenvalue weighted by atomic mass is 16.6. The highest BCUT2D eigenvalue weighted by molar-refractivity contribution is 5.81. The molecule has 0 saturated carbocycles. The van der Waals surface area contributed by atoms with Crippen molar-refractivity contribution in [2.45, 2.75) is 57.2 Å². The molecule has 8 heteroatoms. The van der Waals surface area contributed by atoms with Crippen LogP contribution >= 0.6 is 0 Å². The van der Waals surface area contributed by atoms with E-state index in [2.05, 4.69) is 17.4 Å². The molecule has 1 aliphatic heterocycles. The normalized spacial score (nSPS) is 19.7. The Morgan fingerprint density at radius 1 is 1.03 bits per heavy atom. The quantitative estimate of drug-likeness (QED) is 0.693. The van der Waals surface area contributed by atoms with Crippen LogP contribution < -0.4 is 5.32 Å². The fourth-order valence-corrected chi connectivity index (χ4v) is 4.70. The molecule has 34 heavy (non-hydrogen) atoms. The third-order valence-electron chi connectivity index (χ3n) is 6.18. The highest BCUT2D eigenvalue weighted by Crippen LogP contribution is 2.44. The molecule has 2 aliphatic rings. The van der Waals surface area contributed by atoms with Gasteiger partial charge in [-0.15, -0.1) is 0 Å². The van der Waals surface area contributed by atoms with Crippen molar-refractivity contribution in [3.63, 3.8) is 0 Å². The number of ether oxygens (including phenoxy) is 2. The van der Waals surface area contributed by atoms with Gasteiger partial charge < -0.3 is 19.9 Å². The van der Waals surface area contributed by atoms with E-state index in [1.54, 1.807) is 20.8 Å². The lowest BCUT2D eigenvalue weighted by Crippen LogP contribution is -2.55. The van der Waals surface area contributed by atoms with Crippen LogP contribution in [-0.2, 0) is 14.3 Å². The van der Waals surface area contributed by atoms with Crippen molar-refractivity contribution in [2.75, 3.05) is 13.2 Å². The van der Waals surface area contributed by atoms with Gasteiger partial charge in [0, 0.05) is 18.5 Å². The monoisotopic (exact) mass is 466 g/mol. The first-order chi connectivity index (χ1) is 16.1. The number of carboxylic acid groups (broad SMARTS) is 1. The predicted molar refractivity (Wildman–Crippen MR) is 126 cm³/mol. The Morgan fingerprint density at radius 2 is 1.62 bits per heavy atom. The average Bonchev–Trinajstić information content (AvgIpc) is 3.10. The predicted octanol–water partition coefficient (Wildman–Crippen LogP) is 4.38. The van der Waals surface area contributed by atoms with Gasteiger partial charge >= 0.3 is 18.2 Å². The van der Waals surface area contributed by atoms with Gasteiger partial charge in [0.2, 0.25) is 0 Å². The number of carbonyl (C=O) groups excluding carboxylic acids is 2.